The maximum Gasteiger partial charge on any atom is 0.243 e. The number of hydrogen-bond donors (Lipinski definition) is 1. The molecule has 2 N–H and O–H groups in total. The van der Waals surface area contributed by atoms with Crippen LogP contribution in [0.4, 0.5) is 5.69 Å². The number of rotatable bonds is 2. The number of nitrogens with two attached hydrogens (primary N) is 1. The first kappa shape index (κ1) is 15.3. The quantitative estimate of drug-likeness (QED) is 0.843. The summed E-state index contributed by atoms with van der Waals surface area (Å²) < 4.78 is 32.4. The van der Waals surface area contributed by atoms with Crippen LogP contribution in [0.1, 0.15) is 24.5 Å². The predicted molar refractivity (Wildman–Crippen MR) is 79.1 cm³/mol. The van der Waals surface area contributed by atoms with Crippen LogP contribution in [0.3, 0.4) is 0 Å². The van der Waals surface area contributed by atoms with Crippen molar-refractivity contribution in [2.45, 2.75) is 38.2 Å². The van der Waals surface area contributed by atoms with E-state index in [-0.39, 0.29) is 11.0 Å². The third kappa shape index (κ3) is 2.97. The largest absolute Gasteiger partial charge is 0.398 e. The maximum atomic E-state index is 12.7. The number of nitrogen functional groups attached to an aromatic ring is 1. The Morgan fingerprint density at radius 3 is 2.70 bits per heavy atom. The molecule has 1 unspecified atom stereocenters. The summed E-state index contributed by atoms with van der Waals surface area (Å²) in [6, 6.07) is 3.24. The highest BCUT2D eigenvalue weighted by Gasteiger charge is 2.28. The van der Waals surface area contributed by atoms with E-state index in [1.54, 1.807) is 12.1 Å². The molecule has 1 atom stereocenters. The number of benzene rings is 1. The lowest BCUT2D eigenvalue weighted by molar-refractivity contribution is 0.0752. The standard InChI is InChI=1S/C14H22N2O3S/c1-10-7-13(8-14(15)12(10)3)20(17,18)16-5-4-6-19-11(2)9-16/h7-8,11H,4-6,9,15H2,1-3H3. The fourth-order valence-corrected chi connectivity index (χ4v) is 4.00. The normalized spacial score (nSPS) is 21.6. The molecule has 0 spiro atoms. The molecule has 0 aromatic heterocycles. The van der Waals surface area contributed by atoms with Crippen molar-refractivity contribution in [3.05, 3.63) is 23.3 Å². The van der Waals surface area contributed by atoms with Crippen LogP contribution in [-0.2, 0) is 14.8 Å². The van der Waals surface area contributed by atoms with E-state index in [1.807, 2.05) is 20.8 Å². The predicted octanol–water partition coefficient (Wildman–Crippen LogP) is 1.69. The molecule has 1 heterocycles. The van der Waals surface area contributed by atoms with Crippen LogP contribution in [0.25, 0.3) is 0 Å². The highest BCUT2D eigenvalue weighted by Crippen LogP contribution is 2.25. The van der Waals surface area contributed by atoms with E-state index in [1.165, 1.54) is 4.31 Å². The van der Waals surface area contributed by atoms with Gasteiger partial charge in [0.15, 0.2) is 0 Å². The van der Waals surface area contributed by atoms with Gasteiger partial charge in [-0.15, -0.1) is 0 Å². The Morgan fingerprint density at radius 2 is 2.05 bits per heavy atom. The van der Waals surface area contributed by atoms with E-state index in [0.717, 1.165) is 11.1 Å². The topological polar surface area (TPSA) is 72.6 Å². The molecule has 0 bridgehead atoms. The van der Waals surface area contributed by atoms with Gasteiger partial charge in [-0.05, 0) is 50.5 Å². The average molecular weight is 298 g/mol. The summed E-state index contributed by atoms with van der Waals surface area (Å²) in [6.45, 7) is 7.13. The first-order valence-electron chi connectivity index (χ1n) is 6.81. The van der Waals surface area contributed by atoms with Crippen molar-refractivity contribution in [1.82, 2.24) is 4.31 Å². The van der Waals surface area contributed by atoms with E-state index < -0.39 is 10.0 Å². The highest BCUT2D eigenvalue weighted by atomic mass is 32.2. The molecule has 20 heavy (non-hydrogen) atoms. The molecule has 1 aliphatic heterocycles. The minimum absolute atomic E-state index is 0.0869. The van der Waals surface area contributed by atoms with Gasteiger partial charge in [-0.2, -0.15) is 4.31 Å². The Kier molecular flexibility index (Phi) is 4.36. The molecule has 1 fully saturated rings. The lowest BCUT2D eigenvalue weighted by Crippen LogP contribution is -2.36. The van der Waals surface area contributed by atoms with Gasteiger partial charge in [0.1, 0.15) is 0 Å². The van der Waals surface area contributed by atoms with Crippen LogP contribution in [0.2, 0.25) is 0 Å². The molecule has 1 saturated heterocycles. The zero-order valence-electron chi connectivity index (χ0n) is 12.2. The zero-order valence-corrected chi connectivity index (χ0v) is 13.0. The molecule has 0 aliphatic carbocycles. The summed E-state index contributed by atoms with van der Waals surface area (Å²) in [5, 5.41) is 0. The molecule has 1 aromatic rings. The Hall–Kier alpha value is -1.11. The monoisotopic (exact) mass is 298 g/mol. The number of sulfonamides is 1. The van der Waals surface area contributed by atoms with Crippen molar-refractivity contribution in [3.63, 3.8) is 0 Å². The second-order valence-corrected chi connectivity index (χ2v) is 7.29. The van der Waals surface area contributed by atoms with Crippen LogP contribution in [-0.4, -0.2) is 38.5 Å². The summed E-state index contributed by atoms with van der Waals surface area (Å²) in [6.07, 6.45) is 0.625. The molecule has 0 saturated carbocycles. The number of anilines is 1. The molecular formula is C14H22N2O3S. The van der Waals surface area contributed by atoms with E-state index in [4.69, 9.17) is 10.5 Å². The average Bonchev–Trinajstić information content (AvgIpc) is 2.60. The van der Waals surface area contributed by atoms with Crippen LogP contribution in [0.5, 0.6) is 0 Å². The molecule has 5 nitrogen and oxygen atoms in total. The van der Waals surface area contributed by atoms with Gasteiger partial charge >= 0.3 is 0 Å². The molecule has 2 rings (SSSR count). The second kappa shape index (κ2) is 5.71. The van der Waals surface area contributed by atoms with Crippen molar-refractivity contribution in [3.8, 4) is 0 Å². The summed E-state index contributed by atoms with van der Waals surface area (Å²) in [7, 11) is -3.51. The Balaban J connectivity index is 2.39. The third-order valence-electron chi connectivity index (χ3n) is 3.73. The van der Waals surface area contributed by atoms with Gasteiger partial charge in [0.05, 0.1) is 11.0 Å². The van der Waals surface area contributed by atoms with Gasteiger partial charge in [-0.3, -0.25) is 0 Å². The number of hydrogen-bond acceptors (Lipinski definition) is 4. The molecule has 112 valence electrons. The fourth-order valence-electron chi connectivity index (χ4n) is 2.32. The minimum Gasteiger partial charge on any atom is -0.398 e. The van der Waals surface area contributed by atoms with Crippen LogP contribution < -0.4 is 5.73 Å². The van der Waals surface area contributed by atoms with E-state index in [2.05, 4.69) is 0 Å². The van der Waals surface area contributed by atoms with E-state index >= 15 is 0 Å². The zero-order chi connectivity index (χ0) is 14.9. The highest BCUT2D eigenvalue weighted by molar-refractivity contribution is 7.89. The first-order chi connectivity index (χ1) is 9.32. The van der Waals surface area contributed by atoms with Gasteiger partial charge in [-0.1, -0.05) is 0 Å². The molecule has 0 radical (unpaired) electrons. The van der Waals surface area contributed by atoms with Gasteiger partial charge in [0.2, 0.25) is 10.0 Å². The van der Waals surface area contributed by atoms with Crippen molar-refractivity contribution < 1.29 is 13.2 Å². The Labute approximate surface area is 120 Å². The summed E-state index contributed by atoms with van der Waals surface area (Å²) in [5.41, 5.74) is 8.23. The maximum absolute atomic E-state index is 12.7. The van der Waals surface area contributed by atoms with E-state index in [9.17, 15) is 8.42 Å². The Bertz CT molecular complexity index is 575. The van der Waals surface area contributed by atoms with Gasteiger partial charge < -0.3 is 10.5 Å². The third-order valence-corrected chi connectivity index (χ3v) is 5.58. The van der Waals surface area contributed by atoms with Gasteiger partial charge in [-0.25, -0.2) is 8.42 Å². The smallest absolute Gasteiger partial charge is 0.243 e. The summed E-state index contributed by atoms with van der Waals surface area (Å²) >= 11 is 0. The van der Waals surface area contributed by atoms with Gasteiger partial charge in [0.25, 0.3) is 0 Å². The first-order valence-corrected chi connectivity index (χ1v) is 8.25. The van der Waals surface area contributed by atoms with Crippen LogP contribution in [0.15, 0.2) is 17.0 Å². The molecule has 1 aliphatic rings. The second-order valence-electron chi connectivity index (χ2n) is 5.35. The van der Waals surface area contributed by atoms with Crippen molar-refractivity contribution in [2.24, 2.45) is 0 Å². The molecule has 6 heteroatoms. The molecule has 1 aromatic carbocycles. The summed E-state index contributed by atoms with van der Waals surface area (Å²) in [5.74, 6) is 0. The lowest BCUT2D eigenvalue weighted by atomic mass is 10.1. The lowest BCUT2D eigenvalue weighted by Gasteiger charge is -2.22. The van der Waals surface area contributed by atoms with E-state index in [0.29, 0.717) is 31.8 Å². The SMILES string of the molecule is Cc1cc(S(=O)(=O)N2CCCOC(C)C2)cc(N)c1C. The molecular weight excluding hydrogens is 276 g/mol. The number of nitrogens with zero attached hydrogens (tertiary/aromatic N) is 1. The van der Waals surface area contributed by atoms with Crippen LogP contribution in [0, 0.1) is 13.8 Å². The van der Waals surface area contributed by atoms with Crippen molar-refractivity contribution in [1.29, 1.82) is 0 Å². The number of aryl methyl sites for hydroxylation is 1. The van der Waals surface area contributed by atoms with Crippen molar-refractivity contribution >= 4 is 15.7 Å². The van der Waals surface area contributed by atoms with Crippen molar-refractivity contribution in [2.75, 3.05) is 25.4 Å². The number of ether oxygens (including phenoxy) is 1. The minimum atomic E-state index is -3.51. The van der Waals surface area contributed by atoms with Crippen LogP contribution >= 0.6 is 0 Å². The fraction of sp³-hybridized carbons (Fsp3) is 0.571. The van der Waals surface area contributed by atoms with Gasteiger partial charge in [0, 0.05) is 25.4 Å². The summed E-state index contributed by atoms with van der Waals surface area (Å²) in [4.78, 5) is 0.271. The molecule has 0 amide bonds. The Morgan fingerprint density at radius 1 is 1.35 bits per heavy atom.